The number of carbonyl (C=O) groups excluding carboxylic acids is 1. The van der Waals surface area contributed by atoms with Gasteiger partial charge in [0.05, 0.1) is 13.0 Å². The van der Waals surface area contributed by atoms with E-state index in [2.05, 4.69) is 4.74 Å². The number of hydrogen-bond acceptors (Lipinski definition) is 5. The van der Waals surface area contributed by atoms with Gasteiger partial charge >= 0.3 is 5.97 Å². The molecule has 0 atom stereocenters. The van der Waals surface area contributed by atoms with E-state index in [-0.39, 0.29) is 12.6 Å². The number of esters is 1. The number of methoxy groups -OCH3 is 1. The summed E-state index contributed by atoms with van der Waals surface area (Å²) in [4.78, 5) is 14.2. The van der Waals surface area contributed by atoms with Gasteiger partial charge in [0.15, 0.2) is 0 Å². The topological polar surface area (TPSA) is 49.8 Å². The molecule has 0 bridgehead atoms. The van der Waals surface area contributed by atoms with E-state index in [0.29, 0.717) is 13.0 Å². The van der Waals surface area contributed by atoms with Gasteiger partial charge in [-0.1, -0.05) is 0 Å². The monoisotopic (exact) mass is 217 g/mol. The average molecular weight is 217 g/mol. The third-order valence-electron chi connectivity index (χ3n) is 2.16. The highest BCUT2D eigenvalue weighted by molar-refractivity contribution is 8.03. The fraction of sp³-hybridized carbons (Fsp3) is 0.667. The zero-order chi connectivity index (χ0) is 10.6. The van der Waals surface area contributed by atoms with Crippen LogP contribution in [0.3, 0.4) is 0 Å². The van der Waals surface area contributed by atoms with Crippen LogP contribution < -0.4 is 0 Å². The van der Waals surface area contributed by atoms with Gasteiger partial charge in [0.2, 0.25) is 0 Å². The predicted molar refractivity (Wildman–Crippen MR) is 55.6 cm³/mol. The van der Waals surface area contributed by atoms with Crippen LogP contribution in [-0.4, -0.2) is 42.1 Å². The molecular weight excluding hydrogens is 202 g/mol. The van der Waals surface area contributed by atoms with Gasteiger partial charge in [0.1, 0.15) is 6.54 Å². The molecule has 0 unspecified atom stereocenters. The SMILES string of the molecule is COC(=O)CN1CSC(CCO)=C1C. The third-order valence-corrected chi connectivity index (χ3v) is 3.45. The number of nitrogens with zero attached hydrogens (tertiary/aromatic N) is 1. The highest BCUT2D eigenvalue weighted by Gasteiger charge is 2.21. The zero-order valence-electron chi connectivity index (χ0n) is 8.45. The molecule has 0 fully saturated rings. The molecule has 1 aliphatic heterocycles. The molecule has 1 heterocycles. The van der Waals surface area contributed by atoms with Gasteiger partial charge in [0, 0.05) is 23.6 Å². The van der Waals surface area contributed by atoms with Crippen LogP contribution in [0.5, 0.6) is 0 Å². The lowest BCUT2D eigenvalue weighted by Gasteiger charge is -2.17. The Bertz CT molecular complexity index is 252. The Morgan fingerprint density at radius 2 is 2.43 bits per heavy atom. The van der Waals surface area contributed by atoms with Crippen LogP contribution in [-0.2, 0) is 9.53 Å². The number of carbonyl (C=O) groups is 1. The van der Waals surface area contributed by atoms with Crippen molar-refractivity contribution in [2.75, 3.05) is 26.1 Å². The maximum absolute atomic E-state index is 11.0. The number of hydrogen-bond donors (Lipinski definition) is 1. The summed E-state index contributed by atoms with van der Waals surface area (Å²) in [5, 5.41) is 8.80. The quantitative estimate of drug-likeness (QED) is 0.705. The third kappa shape index (κ3) is 2.65. The maximum Gasteiger partial charge on any atom is 0.325 e. The molecule has 0 saturated heterocycles. The van der Waals surface area contributed by atoms with Crippen molar-refractivity contribution in [3.8, 4) is 0 Å². The highest BCUT2D eigenvalue weighted by Crippen LogP contribution is 2.33. The smallest absolute Gasteiger partial charge is 0.325 e. The van der Waals surface area contributed by atoms with E-state index in [1.807, 2.05) is 11.8 Å². The van der Waals surface area contributed by atoms with Crippen LogP contribution in [0.15, 0.2) is 10.6 Å². The Morgan fingerprint density at radius 1 is 1.71 bits per heavy atom. The second kappa shape index (κ2) is 5.26. The minimum atomic E-state index is -0.227. The van der Waals surface area contributed by atoms with Crippen molar-refractivity contribution < 1.29 is 14.6 Å². The van der Waals surface area contributed by atoms with Crippen molar-refractivity contribution >= 4 is 17.7 Å². The van der Waals surface area contributed by atoms with Crippen molar-refractivity contribution in [3.05, 3.63) is 10.6 Å². The molecule has 4 nitrogen and oxygen atoms in total. The first-order chi connectivity index (χ1) is 6.69. The Kier molecular flexibility index (Phi) is 4.28. The van der Waals surface area contributed by atoms with E-state index in [9.17, 15) is 4.79 Å². The summed E-state index contributed by atoms with van der Waals surface area (Å²) >= 11 is 1.67. The molecule has 0 aromatic carbocycles. The molecular formula is C9H15NO3S. The van der Waals surface area contributed by atoms with Crippen LogP contribution >= 0.6 is 11.8 Å². The molecule has 80 valence electrons. The summed E-state index contributed by atoms with van der Waals surface area (Å²) in [5.41, 5.74) is 1.08. The first-order valence-corrected chi connectivity index (χ1v) is 5.42. The van der Waals surface area contributed by atoms with Crippen molar-refractivity contribution in [2.45, 2.75) is 13.3 Å². The standard InChI is InChI=1S/C9H15NO3S/c1-7-8(3-4-11)14-6-10(7)5-9(12)13-2/h11H,3-6H2,1-2H3. The lowest BCUT2D eigenvalue weighted by atomic mass is 10.3. The zero-order valence-corrected chi connectivity index (χ0v) is 9.26. The number of aliphatic hydroxyl groups is 1. The molecule has 0 saturated carbocycles. The molecule has 0 aliphatic carbocycles. The molecule has 1 rings (SSSR count). The first kappa shape index (κ1) is 11.4. The first-order valence-electron chi connectivity index (χ1n) is 4.44. The predicted octanol–water partition coefficient (Wildman–Crippen LogP) is 0.780. The fourth-order valence-corrected chi connectivity index (χ4v) is 2.44. The lowest BCUT2D eigenvalue weighted by Crippen LogP contribution is -2.26. The van der Waals surface area contributed by atoms with Crippen LogP contribution in [0.1, 0.15) is 13.3 Å². The van der Waals surface area contributed by atoms with Crippen molar-refractivity contribution in [1.82, 2.24) is 4.90 Å². The molecule has 0 spiro atoms. The normalized spacial score (nSPS) is 16.4. The maximum atomic E-state index is 11.0. The summed E-state index contributed by atoms with van der Waals surface area (Å²) in [6, 6.07) is 0. The second-order valence-electron chi connectivity index (χ2n) is 3.03. The van der Waals surface area contributed by atoms with Crippen molar-refractivity contribution in [1.29, 1.82) is 0 Å². The Labute approximate surface area is 87.9 Å². The number of thioether (sulfide) groups is 1. The van der Waals surface area contributed by atoms with Crippen LogP contribution in [0.2, 0.25) is 0 Å². The van der Waals surface area contributed by atoms with Gasteiger partial charge in [-0.2, -0.15) is 0 Å². The summed E-state index contributed by atoms with van der Waals surface area (Å²) in [5.74, 6) is 0.547. The van der Waals surface area contributed by atoms with E-state index in [1.54, 1.807) is 11.8 Å². The lowest BCUT2D eigenvalue weighted by molar-refractivity contribution is -0.141. The van der Waals surface area contributed by atoms with Crippen LogP contribution in [0.25, 0.3) is 0 Å². The summed E-state index contributed by atoms with van der Waals surface area (Å²) in [6.45, 7) is 2.42. The number of ether oxygens (including phenoxy) is 1. The Balaban J connectivity index is 2.54. The second-order valence-corrected chi connectivity index (χ2v) is 4.07. The molecule has 0 aromatic rings. The van der Waals surface area contributed by atoms with Crippen molar-refractivity contribution in [3.63, 3.8) is 0 Å². The summed E-state index contributed by atoms with van der Waals surface area (Å²) in [6.07, 6.45) is 0.675. The molecule has 14 heavy (non-hydrogen) atoms. The van der Waals surface area contributed by atoms with Gasteiger partial charge in [-0.3, -0.25) is 4.79 Å². The molecule has 5 heteroatoms. The van der Waals surface area contributed by atoms with Gasteiger partial charge in [-0.25, -0.2) is 0 Å². The van der Waals surface area contributed by atoms with Crippen molar-refractivity contribution in [2.24, 2.45) is 0 Å². The van der Waals surface area contributed by atoms with Crippen LogP contribution in [0.4, 0.5) is 0 Å². The van der Waals surface area contributed by atoms with E-state index in [4.69, 9.17) is 5.11 Å². The summed E-state index contributed by atoms with van der Waals surface area (Å²) in [7, 11) is 1.39. The van der Waals surface area contributed by atoms with Gasteiger partial charge in [-0.15, -0.1) is 11.8 Å². The van der Waals surface area contributed by atoms with E-state index in [1.165, 1.54) is 7.11 Å². The Morgan fingerprint density at radius 3 is 3.00 bits per heavy atom. The average Bonchev–Trinajstić information content (AvgIpc) is 2.50. The van der Waals surface area contributed by atoms with E-state index >= 15 is 0 Å². The minimum absolute atomic E-state index is 0.158. The van der Waals surface area contributed by atoms with Gasteiger partial charge in [-0.05, 0) is 6.92 Å². The number of rotatable bonds is 4. The molecule has 0 aromatic heterocycles. The number of aliphatic hydroxyl groups excluding tert-OH is 1. The van der Waals surface area contributed by atoms with E-state index in [0.717, 1.165) is 16.5 Å². The summed E-state index contributed by atoms with van der Waals surface area (Å²) < 4.78 is 4.59. The number of allylic oxidation sites excluding steroid dienone is 1. The fourth-order valence-electron chi connectivity index (χ4n) is 1.27. The highest BCUT2D eigenvalue weighted by atomic mass is 32.2. The van der Waals surface area contributed by atoms with Crippen LogP contribution in [0, 0.1) is 0 Å². The van der Waals surface area contributed by atoms with Gasteiger partial charge < -0.3 is 14.7 Å². The minimum Gasteiger partial charge on any atom is -0.468 e. The van der Waals surface area contributed by atoms with E-state index < -0.39 is 0 Å². The van der Waals surface area contributed by atoms with Gasteiger partial charge in [0.25, 0.3) is 0 Å². The molecule has 0 amide bonds. The molecule has 1 aliphatic rings. The largest absolute Gasteiger partial charge is 0.468 e. The molecule has 0 radical (unpaired) electrons. The Hall–Kier alpha value is -0.680. The molecule has 1 N–H and O–H groups in total.